The van der Waals surface area contributed by atoms with E-state index in [9.17, 15) is 4.79 Å². The van der Waals surface area contributed by atoms with Gasteiger partial charge in [-0.15, -0.1) is 11.8 Å². The molecule has 2 atom stereocenters. The summed E-state index contributed by atoms with van der Waals surface area (Å²) in [4.78, 5) is 10.6. The number of rotatable bonds is 2. The number of carboxylic acid groups (broad SMARTS) is 1. The first-order valence-electron chi connectivity index (χ1n) is 4.49. The van der Waals surface area contributed by atoms with Gasteiger partial charge in [-0.25, -0.2) is 0 Å². The van der Waals surface area contributed by atoms with E-state index in [-0.39, 0.29) is 11.5 Å². The molecule has 1 aliphatic rings. The molecule has 4 heteroatoms. The third-order valence-electron chi connectivity index (χ3n) is 1.95. The Morgan fingerprint density at radius 3 is 2.62 bits per heavy atom. The van der Waals surface area contributed by atoms with Crippen LogP contribution in [0, 0.1) is 5.41 Å². The van der Waals surface area contributed by atoms with Crippen molar-refractivity contribution in [1.29, 1.82) is 0 Å². The maximum atomic E-state index is 10.6. The second-order valence-electron chi connectivity index (χ2n) is 4.64. The first kappa shape index (κ1) is 10.9. The van der Waals surface area contributed by atoms with Gasteiger partial charge in [0.25, 0.3) is 0 Å². The Hall–Kier alpha value is -0.220. The van der Waals surface area contributed by atoms with Crippen molar-refractivity contribution in [3.8, 4) is 0 Å². The third kappa shape index (κ3) is 3.56. The molecule has 76 valence electrons. The van der Waals surface area contributed by atoms with E-state index < -0.39 is 5.97 Å². The van der Waals surface area contributed by atoms with E-state index in [2.05, 4.69) is 26.1 Å². The summed E-state index contributed by atoms with van der Waals surface area (Å²) >= 11 is 1.71. The molecule has 0 aromatic carbocycles. The van der Waals surface area contributed by atoms with Crippen molar-refractivity contribution in [3.63, 3.8) is 0 Å². The lowest BCUT2D eigenvalue weighted by Crippen LogP contribution is -2.37. The molecule has 0 radical (unpaired) electrons. The predicted octanol–water partition coefficient (Wildman–Crippen LogP) is 1.54. The first-order valence-corrected chi connectivity index (χ1v) is 5.54. The van der Waals surface area contributed by atoms with E-state index in [0.29, 0.717) is 11.1 Å². The second-order valence-corrected chi connectivity index (χ2v) is 5.88. The van der Waals surface area contributed by atoms with Gasteiger partial charge in [-0.2, -0.15) is 0 Å². The van der Waals surface area contributed by atoms with Crippen LogP contribution >= 0.6 is 11.8 Å². The van der Waals surface area contributed by atoms with Crippen LogP contribution in [0.2, 0.25) is 0 Å². The van der Waals surface area contributed by atoms with Gasteiger partial charge >= 0.3 is 5.97 Å². The molecule has 3 nitrogen and oxygen atoms in total. The lowest BCUT2D eigenvalue weighted by atomic mass is 9.92. The van der Waals surface area contributed by atoms with E-state index in [0.717, 1.165) is 6.42 Å². The van der Waals surface area contributed by atoms with Crippen molar-refractivity contribution in [2.45, 2.75) is 38.6 Å². The molecule has 0 aromatic heterocycles. The van der Waals surface area contributed by atoms with Crippen molar-refractivity contribution in [2.24, 2.45) is 5.41 Å². The Morgan fingerprint density at radius 2 is 2.23 bits per heavy atom. The lowest BCUT2D eigenvalue weighted by Gasteiger charge is -2.22. The highest BCUT2D eigenvalue weighted by molar-refractivity contribution is 8.00. The average molecular weight is 203 g/mol. The van der Waals surface area contributed by atoms with Crippen LogP contribution in [-0.2, 0) is 4.79 Å². The molecule has 1 aliphatic heterocycles. The Morgan fingerprint density at radius 1 is 1.62 bits per heavy atom. The minimum atomic E-state index is -0.732. The van der Waals surface area contributed by atoms with Crippen LogP contribution in [0.3, 0.4) is 0 Å². The SMILES string of the molecule is CC(C)(C)CC1N[C@H](C(=O)O)CS1. The zero-order chi connectivity index (χ0) is 10.1. The van der Waals surface area contributed by atoms with Gasteiger partial charge in [0.2, 0.25) is 0 Å². The van der Waals surface area contributed by atoms with Crippen molar-refractivity contribution in [3.05, 3.63) is 0 Å². The summed E-state index contributed by atoms with van der Waals surface area (Å²) in [6.45, 7) is 6.51. The summed E-state index contributed by atoms with van der Waals surface area (Å²) in [6.07, 6.45) is 1.02. The van der Waals surface area contributed by atoms with Crippen LogP contribution in [0.25, 0.3) is 0 Å². The molecule has 1 unspecified atom stereocenters. The molecule has 2 N–H and O–H groups in total. The van der Waals surface area contributed by atoms with Gasteiger partial charge in [0, 0.05) is 5.75 Å². The minimum Gasteiger partial charge on any atom is -0.480 e. The molecule has 0 spiro atoms. The Balaban J connectivity index is 2.38. The van der Waals surface area contributed by atoms with Crippen molar-refractivity contribution >= 4 is 17.7 Å². The molecular weight excluding hydrogens is 186 g/mol. The summed E-state index contributed by atoms with van der Waals surface area (Å²) in [5.41, 5.74) is 0.262. The van der Waals surface area contributed by atoms with Gasteiger partial charge in [0.1, 0.15) is 6.04 Å². The van der Waals surface area contributed by atoms with Crippen LogP contribution in [0.1, 0.15) is 27.2 Å². The highest BCUT2D eigenvalue weighted by Gasteiger charge is 2.31. The van der Waals surface area contributed by atoms with Crippen LogP contribution in [-0.4, -0.2) is 28.2 Å². The lowest BCUT2D eigenvalue weighted by molar-refractivity contribution is -0.138. The topological polar surface area (TPSA) is 49.3 Å². The largest absolute Gasteiger partial charge is 0.480 e. The third-order valence-corrected chi connectivity index (χ3v) is 3.18. The molecule has 1 saturated heterocycles. The number of thioether (sulfide) groups is 1. The predicted molar refractivity (Wildman–Crippen MR) is 54.9 cm³/mol. The maximum absolute atomic E-state index is 10.6. The van der Waals surface area contributed by atoms with E-state index >= 15 is 0 Å². The second kappa shape index (κ2) is 3.88. The molecule has 0 amide bonds. The number of hydrogen-bond donors (Lipinski definition) is 2. The van der Waals surface area contributed by atoms with E-state index in [4.69, 9.17) is 5.11 Å². The van der Waals surface area contributed by atoms with E-state index in [1.165, 1.54) is 0 Å². The van der Waals surface area contributed by atoms with Gasteiger partial charge in [-0.3, -0.25) is 10.1 Å². The highest BCUT2D eigenvalue weighted by atomic mass is 32.2. The Bertz CT molecular complexity index is 200. The van der Waals surface area contributed by atoms with E-state index in [1.807, 2.05) is 0 Å². The Kier molecular flexibility index (Phi) is 3.24. The zero-order valence-corrected chi connectivity index (χ0v) is 9.15. The van der Waals surface area contributed by atoms with Gasteiger partial charge in [0.05, 0.1) is 5.37 Å². The summed E-state index contributed by atoms with van der Waals surface area (Å²) in [7, 11) is 0. The van der Waals surface area contributed by atoms with Crippen molar-refractivity contribution in [1.82, 2.24) is 5.32 Å². The molecule has 1 heterocycles. The molecule has 0 saturated carbocycles. The number of hydrogen-bond acceptors (Lipinski definition) is 3. The molecule has 0 bridgehead atoms. The highest BCUT2D eigenvalue weighted by Crippen LogP contribution is 2.30. The van der Waals surface area contributed by atoms with Crippen LogP contribution < -0.4 is 5.32 Å². The summed E-state index contributed by atoms with van der Waals surface area (Å²) < 4.78 is 0. The standard InChI is InChI=1S/C9H17NO2S/c1-9(2,3)4-7-10-6(5-13-7)8(11)12/h6-7,10H,4-5H2,1-3H3,(H,11,12)/t6-,7?/m0/s1. The number of carboxylic acids is 1. The molecule has 1 rings (SSSR count). The molecule has 0 aliphatic carbocycles. The van der Waals surface area contributed by atoms with Gasteiger partial charge in [-0.1, -0.05) is 20.8 Å². The molecule has 1 fully saturated rings. The fourth-order valence-electron chi connectivity index (χ4n) is 1.35. The van der Waals surface area contributed by atoms with Crippen molar-refractivity contribution in [2.75, 3.05) is 5.75 Å². The molecule has 13 heavy (non-hydrogen) atoms. The number of carbonyl (C=O) groups is 1. The number of aliphatic carboxylic acids is 1. The zero-order valence-electron chi connectivity index (χ0n) is 8.33. The fraction of sp³-hybridized carbons (Fsp3) is 0.889. The first-order chi connectivity index (χ1) is 5.88. The fourth-order valence-corrected chi connectivity index (χ4v) is 2.89. The van der Waals surface area contributed by atoms with Crippen molar-refractivity contribution < 1.29 is 9.90 Å². The quantitative estimate of drug-likeness (QED) is 0.714. The normalized spacial score (nSPS) is 29.2. The van der Waals surface area contributed by atoms with E-state index in [1.54, 1.807) is 11.8 Å². The average Bonchev–Trinajstić information content (AvgIpc) is 2.31. The summed E-state index contributed by atoms with van der Waals surface area (Å²) in [6, 6.07) is -0.350. The van der Waals surface area contributed by atoms with Gasteiger partial charge in [0.15, 0.2) is 0 Å². The maximum Gasteiger partial charge on any atom is 0.321 e. The number of nitrogens with one attached hydrogen (secondary N) is 1. The van der Waals surface area contributed by atoms with Gasteiger partial charge in [-0.05, 0) is 11.8 Å². The van der Waals surface area contributed by atoms with Crippen LogP contribution in [0.5, 0.6) is 0 Å². The van der Waals surface area contributed by atoms with Gasteiger partial charge < -0.3 is 5.11 Å². The minimum absolute atomic E-state index is 0.262. The summed E-state index contributed by atoms with van der Waals surface area (Å²) in [5.74, 6) is -0.0419. The monoisotopic (exact) mass is 203 g/mol. The smallest absolute Gasteiger partial charge is 0.321 e. The van der Waals surface area contributed by atoms with Crippen LogP contribution in [0.4, 0.5) is 0 Å². The molecule has 0 aromatic rings. The van der Waals surface area contributed by atoms with Crippen LogP contribution in [0.15, 0.2) is 0 Å². The summed E-state index contributed by atoms with van der Waals surface area (Å²) in [5, 5.41) is 12.2. The Labute approximate surface area is 83.3 Å². The molecular formula is C9H17NO2S.